The van der Waals surface area contributed by atoms with Gasteiger partial charge in [0, 0.05) is 20.6 Å². The number of imide groups is 2. The molecule has 26 heavy (non-hydrogen) atoms. The van der Waals surface area contributed by atoms with E-state index in [1.807, 2.05) is 0 Å². The largest absolute Gasteiger partial charge is 0.487 e. The van der Waals surface area contributed by atoms with Gasteiger partial charge >= 0.3 is 0 Å². The third-order valence-electron chi connectivity index (χ3n) is 4.33. The van der Waals surface area contributed by atoms with Crippen LogP contribution in [0.3, 0.4) is 0 Å². The van der Waals surface area contributed by atoms with Gasteiger partial charge in [0.1, 0.15) is 18.4 Å². The second-order valence-electron chi connectivity index (χ2n) is 5.84. The quantitative estimate of drug-likeness (QED) is 0.564. The van der Waals surface area contributed by atoms with Crippen molar-refractivity contribution in [3.05, 3.63) is 29.3 Å². The van der Waals surface area contributed by atoms with Crippen LogP contribution in [0.2, 0.25) is 0 Å². The van der Waals surface area contributed by atoms with Gasteiger partial charge in [-0.3, -0.25) is 29.4 Å². The highest BCUT2D eigenvalue weighted by atomic mass is 16.7. The SMILES string of the molecule is COC(COc1cccc2c1C(=O)N(C1CCC(=O)NC1=O)C2=O)OC. The number of amides is 4. The van der Waals surface area contributed by atoms with Crippen molar-refractivity contribution >= 4 is 23.6 Å². The van der Waals surface area contributed by atoms with Gasteiger partial charge < -0.3 is 14.2 Å². The molecule has 9 nitrogen and oxygen atoms in total. The lowest BCUT2D eigenvalue weighted by molar-refractivity contribution is -0.136. The molecule has 4 amide bonds. The van der Waals surface area contributed by atoms with Gasteiger partial charge in [0.25, 0.3) is 11.8 Å². The maximum atomic E-state index is 12.8. The molecule has 2 aliphatic rings. The smallest absolute Gasteiger partial charge is 0.266 e. The summed E-state index contributed by atoms with van der Waals surface area (Å²) in [5, 5.41) is 2.16. The Morgan fingerprint density at radius 3 is 2.54 bits per heavy atom. The lowest BCUT2D eigenvalue weighted by atomic mass is 10.0. The normalized spacial score (nSPS) is 19.8. The molecule has 1 N–H and O–H groups in total. The number of hydrogen-bond acceptors (Lipinski definition) is 7. The van der Waals surface area contributed by atoms with Gasteiger partial charge in [-0.25, -0.2) is 0 Å². The average molecular weight is 362 g/mol. The zero-order valence-electron chi connectivity index (χ0n) is 14.3. The summed E-state index contributed by atoms with van der Waals surface area (Å²) in [6.45, 7) is 0.0172. The molecule has 3 rings (SSSR count). The number of nitrogens with zero attached hydrogens (tertiary/aromatic N) is 1. The minimum atomic E-state index is -1.02. The molecule has 2 heterocycles. The van der Waals surface area contributed by atoms with Gasteiger partial charge in [-0.15, -0.1) is 0 Å². The number of ether oxygens (including phenoxy) is 3. The number of carbonyl (C=O) groups is 4. The molecule has 9 heteroatoms. The van der Waals surface area contributed by atoms with Gasteiger partial charge in [-0.05, 0) is 18.6 Å². The average Bonchev–Trinajstić information content (AvgIpc) is 2.88. The number of benzene rings is 1. The molecule has 1 saturated heterocycles. The number of piperidine rings is 1. The fourth-order valence-electron chi connectivity index (χ4n) is 2.99. The van der Waals surface area contributed by atoms with Gasteiger partial charge in [0.15, 0.2) is 6.29 Å². The highest BCUT2D eigenvalue weighted by Gasteiger charge is 2.46. The van der Waals surface area contributed by atoms with Crippen LogP contribution in [0.25, 0.3) is 0 Å². The third-order valence-corrected chi connectivity index (χ3v) is 4.33. The third kappa shape index (κ3) is 3.06. The van der Waals surface area contributed by atoms with Crippen molar-refractivity contribution in [1.82, 2.24) is 10.2 Å². The van der Waals surface area contributed by atoms with Crippen molar-refractivity contribution in [2.45, 2.75) is 25.2 Å². The van der Waals surface area contributed by atoms with Crippen LogP contribution in [0.5, 0.6) is 5.75 Å². The van der Waals surface area contributed by atoms with Gasteiger partial charge in [0.05, 0.1) is 11.1 Å². The van der Waals surface area contributed by atoms with Crippen LogP contribution < -0.4 is 10.1 Å². The van der Waals surface area contributed by atoms with Crippen molar-refractivity contribution in [3.63, 3.8) is 0 Å². The van der Waals surface area contributed by atoms with Crippen LogP contribution in [0, 0.1) is 0 Å². The topological polar surface area (TPSA) is 111 Å². The molecule has 0 bridgehead atoms. The molecule has 0 aliphatic carbocycles. The van der Waals surface area contributed by atoms with Crippen LogP contribution >= 0.6 is 0 Å². The molecule has 1 unspecified atom stereocenters. The summed E-state index contributed by atoms with van der Waals surface area (Å²) >= 11 is 0. The highest BCUT2D eigenvalue weighted by Crippen LogP contribution is 2.33. The van der Waals surface area contributed by atoms with Crippen molar-refractivity contribution in [2.24, 2.45) is 0 Å². The Bertz CT molecular complexity index is 772. The van der Waals surface area contributed by atoms with Crippen molar-refractivity contribution in [1.29, 1.82) is 0 Å². The van der Waals surface area contributed by atoms with E-state index in [0.29, 0.717) is 0 Å². The first-order valence-electron chi connectivity index (χ1n) is 8.01. The number of rotatable bonds is 6. The fourth-order valence-corrected chi connectivity index (χ4v) is 2.99. The van der Waals surface area contributed by atoms with Crippen LogP contribution in [-0.4, -0.2) is 61.7 Å². The van der Waals surface area contributed by atoms with Gasteiger partial charge in [0.2, 0.25) is 11.8 Å². The van der Waals surface area contributed by atoms with E-state index in [1.54, 1.807) is 12.1 Å². The van der Waals surface area contributed by atoms with E-state index in [1.165, 1.54) is 20.3 Å². The van der Waals surface area contributed by atoms with Gasteiger partial charge in [-0.1, -0.05) is 6.07 Å². The summed E-state index contributed by atoms with van der Waals surface area (Å²) in [4.78, 5) is 49.8. The summed E-state index contributed by atoms with van der Waals surface area (Å²) in [5.74, 6) is -2.08. The molecule has 0 radical (unpaired) electrons. The molecule has 1 aromatic carbocycles. The standard InChI is InChI=1S/C17H18N2O7/c1-24-13(25-2)8-26-11-5-3-4-9-14(11)17(23)19(16(9)22)10-6-7-12(20)18-15(10)21/h3-5,10,13H,6-8H2,1-2H3,(H,18,20,21). The first-order chi connectivity index (χ1) is 12.5. The molecule has 1 aromatic rings. The van der Waals surface area contributed by atoms with Crippen molar-refractivity contribution in [2.75, 3.05) is 20.8 Å². The van der Waals surface area contributed by atoms with Crippen LogP contribution in [-0.2, 0) is 19.1 Å². The predicted octanol–water partition coefficient (Wildman–Crippen LogP) is 0.0855. The van der Waals surface area contributed by atoms with E-state index in [9.17, 15) is 19.2 Å². The Kier molecular flexibility index (Phi) is 5.01. The summed E-state index contributed by atoms with van der Waals surface area (Å²) in [6, 6.07) is 3.62. The zero-order valence-corrected chi connectivity index (χ0v) is 14.3. The lowest BCUT2D eigenvalue weighted by Gasteiger charge is -2.27. The Morgan fingerprint density at radius 2 is 1.88 bits per heavy atom. The van der Waals surface area contributed by atoms with Crippen molar-refractivity contribution < 1.29 is 33.4 Å². The molecular formula is C17H18N2O7. The zero-order chi connectivity index (χ0) is 18.8. The number of fused-ring (bicyclic) bond motifs is 1. The molecule has 1 atom stereocenters. The Balaban J connectivity index is 1.87. The molecule has 1 fully saturated rings. The summed E-state index contributed by atoms with van der Waals surface area (Å²) in [7, 11) is 2.90. The second kappa shape index (κ2) is 7.22. The Labute approximate surface area is 149 Å². The minimum Gasteiger partial charge on any atom is -0.487 e. The van der Waals surface area contributed by atoms with Crippen LogP contribution in [0.4, 0.5) is 0 Å². The van der Waals surface area contributed by atoms with E-state index in [-0.39, 0.29) is 36.3 Å². The maximum Gasteiger partial charge on any atom is 0.266 e. The monoisotopic (exact) mass is 362 g/mol. The number of hydrogen-bond donors (Lipinski definition) is 1. The predicted molar refractivity (Wildman–Crippen MR) is 86.4 cm³/mol. The van der Waals surface area contributed by atoms with Crippen molar-refractivity contribution in [3.8, 4) is 5.75 Å². The summed E-state index contributed by atoms with van der Waals surface area (Å²) in [6.07, 6.45) is -0.470. The Morgan fingerprint density at radius 1 is 1.15 bits per heavy atom. The number of methoxy groups -OCH3 is 2. The van der Waals surface area contributed by atoms with Crippen LogP contribution in [0.15, 0.2) is 18.2 Å². The molecule has 138 valence electrons. The summed E-state index contributed by atoms with van der Waals surface area (Å²) in [5.41, 5.74) is 0.247. The molecule has 0 aromatic heterocycles. The van der Waals surface area contributed by atoms with E-state index in [2.05, 4.69) is 5.32 Å². The first-order valence-corrected chi connectivity index (χ1v) is 8.01. The fraction of sp³-hybridized carbons (Fsp3) is 0.412. The molecule has 0 spiro atoms. The Hall–Kier alpha value is -2.78. The lowest BCUT2D eigenvalue weighted by Crippen LogP contribution is -2.54. The second-order valence-corrected chi connectivity index (χ2v) is 5.84. The number of carbonyl (C=O) groups excluding carboxylic acids is 4. The van der Waals surface area contributed by atoms with E-state index in [4.69, 9.17) is 14.2 Å². The first kappa shape index (κ1) is 18.0. The van der Waals surface area contributed by atoms with E-state index in [0.717, 1.165) is 4.90 Å². The minimum absolute atomic E-state index is 0.0172. The van der Waals surface area contributed by atoms with Gasteiger partial charge in [-0.2, -0.15) is 0 Å². The molecular weight excluding hydrogens is 344 g/mol. The molecule has 2 aliphatic heterocycles. The van der Waals surface area contributed by atoms with Crippen LogP contribution in [0.1, 0.15) is 33.6 Å². The molecule has 0 saturated carbocycles. The summed E-state index contributed by atoms with van der Waals surface area (Å²) < 4.78 is 15.7. The van der Waals surface area contributed by atoms with E-state index >= 15 is 0 Å². The van der Waals surface area contributed by atoms with E-state index < -0.39 is 36.0 Å². The maximum absolute atomic E-state index is 12.8. The highest BCUT2D eigenvalue weighted by molar-refractivity contribution is 6.24. The number of nitrogens with one attached hydrogen (secondary N) is 1.